The molecule has 0 amide bonds. The van der Waals surface area contributed by atoms with E-state index in [1.54, 1.807) is 0 Å². The summed E-state index contributed by atoms with van der Waals surface area (Å²) in [6.07, 6.45) is 7.95. The SMILES string of the molecule is O=Cc1cnc(N2CC=CC2)nc1. The smallest absolute Gasteiger partial charge is 0.225 e. The van der Waals surface area contributed by atoms with Crippen LogP contribution in [0.25, 0.3) is 0 Å². The third-order valence-electron chi connectivity index (χ3n) is 1.90. The van der Waals surface area contributed by atoms with Crippen molar-refractivity contribution in [3.63, 3.8) is 0 Å². The molecule has 13 heavy (non-hydrogen) atoms. The molecule has 0 atom stereocenters. The van der Waals surface area contributed by atoms with Gasteiger partial charge in [-0.15, -0.1) is 0 Å². The molecular formula is C9H9N3O. The molecule has 0 bridgehead atoms. The van der Waals surface area contributed by atoms with E-state index in [-0.39, 0.29) is 0 Å². The summed E-state index contributed by atoms with van der Waals surface area (Å²) in [5.74, 6) is 0.676. The van der Waals surface area contributed by atoms with Crippen molar-refractivity contribution < 1.29 is 4.79 Å². The minimum Gasteiger partial charge on any atom is -0.333 e. The van der Waals surface area contributed by atoms with Crippen molar-refractivity contribution in [2.24, 2.45) is 0 Å². The van der Waals surface area contributed by atoms with Crippen molar-refractivity contribution in [2.45, 2.75) is 0 Å². The number of hydrogen-bond donors (Lipinski definition) is 0. The molecule has 0 N–H and O–H groups in total. The van der Waals surface area contributed by atoms with Crippen LogP contribution in [0, 0.1) is 0 Å². The number of nitrogens with zero attached hydrogens (tertiary/aromatic N) is 3. The topological polar surface area (TPSA) is 46.1 Å². The molecule has 1 aromatic heterocycles. The average molecular weight is 175 g/mol. The standard InChI is InChI=1S/C9H9N3O/c13-7-8-5-10-9(11-6-8)12-3-1-2-4-12/h1-2,5-7H,3-4H2. The summed E-state index contributed by atoms with van der Waals surface area (Å²) in [7, 11) is 0. The Balaban J connectivity index is 2.17. The summed E-state index contributed by atoms with van der Waals surface area (Å²) in [4.78, 5) is 20.5. The summed E-state index contributed by atoms with van der Waals surface area (Å²) in [6, 6.07) is 0. The van der Waals surface area contributed by atoms with Crippen molar-refractivity contribution in [1.82, 2.24) is 9.97 Å². The van der Waals surface area contributed by atoms with E-state index in [1.807, 2.05) is 4.90 Å². The highest BCUT2D eigenvalue weighted by molar-refractivity contribution is 5.73. The summed E-state index contributed by atoms with van der Waals surface area (Å²) < 4.78 is 0. The lowest BCUT2D eigenvalue weighted by atomic mass is 10.4. The third-order valence-corrected chi connectivity index (χ3v) is 1.90. The second-order valence-corrected chi connectivity index (χ2v) is 2.81. The van der Waals surface area contributed by atoms with Gasteiger partial charge in [0, 0.05) is 25.5 Å². The van der Waals surface area contributed by atoms with Gasteiger partial charge in [0.15, 0.2) is 6.29 Å². The maximum Gasteiger partial charge on any atom is 0.225 e. The van der Waals surface area contributed by atoms with E-state index >= 15 is 0 Å². The van der Waals surface area contributed by atoms with Gasteiger partial charge in [0.25, 0.3) is 0 Å². The number of hydrogen-bond acceptors (Lipinski definition) is 4. The predicted molar refractivity (Wildman–Crippen MR) is 48.8 cm³/mol. The van der Waals surface area contributed by atoms with Crippen molar-refractivity contribution >= 4 is 12.2 Å². The Hall–Kier alpha value is -1.71. The maximum absolute atomic E-state index is 10.3. The Morgan fingerprint density at radius 3 is 2.38 bits per heavy atom. The molecular weight excluding hydrogens is 166 g/mol. The van der Waals surface area contributed by atoms with Crippen LogP contribution >= 0.6 is 0 Å². The molecule has 4 heteroatoms. The van der Waals surface area contributed by atoms with Crippen molar-refractivity contribution in [1.29, 1.82) is 0 Å². The predicted octanol–water partition coefficient (Wildman–Crippen LogP) is 0.665. The number of rotatable bonds is 2. The summed E-state index contributed by atoms with van der Waals surface area (Å²) in [5, 5.41) is 0. The van der Waals surface area contributed by atoms with Crippen molar-refractivity contribution in [3.8, 4) is 0 Å². The second-order valence-electron chi connectivity index (χ2n) is 2.81. The molecule has 1 aliphatic rings. The highest BCUT2D eigenvalue weighted by Gasteiger charge is 2.09. The van der Waals surface area contributed by atoms with Crippen molar-refractivity contribution in [3.05, 3.63) is 30.1 Å². The summed E-state index contributed by atoms with van der Waals surface area (Å²) in [6.45, 7) is 1.70. The van der Waals surface area contributed by atoms with Gasteiger partial charge in [-0.3, -0.25) is 4.79 Å². The van der Waals surface area contributed by atoms with E-state index < -0.39 is 0 Å². The third kappa shape index (κ3) is 1.56. The van der Waals surface area contributed by atoms with Crippen LogP contribution < -0.4 is 4.90 Å². The zero-order chi connectivity index (χ0) is 9.10. The molecule has 0 radical (unpaired) electrons. The highest BCUT2D eigenvalue weighted by Crippen LogP contribution is 2.09. The van der Waals surface area contributed by atoms with Crippen molar-refractivity contribution in [2.75, 3.05) is 18.0 Å². The van der Waals surface area contributed by atoms with Gasteiger partial charge in [0.05, 0.1) is 5.56 Å². The maximum atomic E-state index is 10.3. The number of anilines is 1. The first kappa shape index (κ1) is 7.91. The largest absolute Gasteiger partial charge is 0.333 e. The Morgan fingerprint density at radius 2 is 1.85 bits per heavy atom. The number of carbonyl (C=O) groups excluding carboxylic acids is 1. The Labute approximate surface area is 75.9 Å². The van der Waals surface area contributed by atoms with Crippen LogP contribution in [0.2, 0.25) is 0 Å². The van der Waals surface area contributed by atoms with Gasteiger partial charge in [-0.25, -0.2) is 9.97 Å². The van der Waals surface area contributed by atoms with Gasteiger partial charge in [0.1, 0.15) is 0 Å². The monoisotopic (exact) mass is 175 g/mol. The minimum atomic E-state index is 0.510. The zero-order valence-electron chi connectivity index (χ0n) is 7.05. The second kappa shape index (κ2) is 3.35. The lowest BCUT2D eigenvalue weighted by molar-refractivity contribution is 0.112. The molecule has 0 unspecified atom stereocenters. The zero-order valence-corrected chi connectivity index (χ0v) is 7.05. The molecule has 0 spiro atoms. The minimum absolute atomic E-state index is 0.510. The molecule has 0 fully saturated rings. The lowest BCUT2D eigenvalue weighted by Crippen LogP contribution is -2.21. The van der Waals surface area contributed by atoms with Crippen LogP contribution in [-0.4, -0.2) is 29.3 Å². The molecule has 2 rings (SSSR count). The van der Waals surface area contributed by atoms with E-state index in [9.17, 15) is 4.79 Å². The highest BCUT2D eigenvalue weighted by atomic mass is 16.1. The van der Waals surface area contributed by atoms with Crippen LogP contribution in [0.4, 0.5) is 5.95 Å². The normalized spacial score (nSPS) is 14.9. The molecule has 0 saturated carbocycles. The lowest BCUT2D eigenvalue weighted by Gasteiger charge is -2.13. The van der Waals surface area contributed by atoms with Crippen LogP contribution in [0.1, 0.15) is 10.4 Å². The van der Waals surface area contributed by atoms with E-state index in [2.05, 4.69) is 22.1 Å². The van der Waals surface area contributed by atoms with E-state index in [4.69, 9.17) is 0 Å². The first-order valence-corrected chi connectivity index (χ1v) is 4.07. The van der Waals surface area contributed by atoms with Crippen LogP contribution in [0.15, 0.2) is 24.5 Å². The molecule has 2 heterocycles. The number of aromatic nitrogens is 2. The van der Waals surface area contributed by atoms with E-state index in [0.717, 1.165) is 19.4 Å². The molecule has 1 aliphatic heterocycles. The van der Waals surface area contributed by atoms with Crippen LogP contribution in [0.5, 0.6) is 0 Å². The van der Waals surface area contributed by atoms with Gasteiger partial charge >= 0.3 is 0 Å². The molecule has 0 saturated heterocycles. The first-order chi connectivity index (χ1) is 6.40. The van der Waals surface area contributed by atoms with Gasteiger partial charge in [0.2, 0.25) is 5.95 Å². The van der Waals surface area contributed by atoms with Gasteiger partial charge in [-0.05, 0) is 0 Å². The van der Waals surface area contributed by atoms with Crippen LogP contribution in [0.3, 0.4) is 0 Å². The molecule has 0 aliphatic carbocycles. The quantitative estimate of drug-likeness (QED) is 0.489. The Bertz CT molecular complexity index is 323. The van der Waals surface area contributed by atoms with Gasteiger partial charge < -0.3 is 4.90 Å². The summed E-state index contributed by atoms with van der Waals surface area (Å²) >= 11 is 0. The fraction of sp³-hybridized carbons (Fsp3) is 0.222. The van der Waals surface area contributed by atoms with E-state index in [1.165, 1.54) is 12.4 Å². The Kier molecular flexibility index (Phi) is 2.04. The Morgan fingerprint density at radius 1 is 1.23 bits per heavy atom. The van der Waals surface area contributed by atoms with Crippen LogP contribution in [-0.2, 0) is 0 Å². The molecule has 4 nitrogen and oxygen atoms in total. The average Bonchev–Trinajstić information content (AvgIpc) is 2.71. The molecule has 1 aromatic rings. The van der Waals surface area contributed by atoms with Gasteiger partial charge in [-0.1, -0.05) is 12.2 Å². The fourth-order valence-corrected chi connectivity index (χ4v) is 1.20. The summed E-state index contributed by atoms with van der Waals surface area (Å²) in [5.41, 5.74) is 0.510. The molecule has 66 valence electrons. The van der Waals surface area contributed by atoms with E-state index in [0.29, 0.717) is 11.5 Å². The molecule has 0 aromatic carbocycles. The number of carbonyl (C=O) groups is 1. The fourth-order valence-electron chi connectivity index (χ4n) is 1.20. The van der Waals surface area contributed by atoms with Gasteiger partial charge in [-0.2, -0.15) is 0 Å². The number of aldehydes is 1. The first-order valence-electron chi connectivity index (χ1n) is 4.07.